The SMILES string of the molecule is CCOc1ncnc(NC(C)c2cc(C)sc2C)c1C. The number of nitrogens with zero attached hydrogens (tertiary/aromatic N) is 2. The second-order valence-electron chi connectivity index (χ2n) is 4.82. The summed E-state index contributed by atoms with van der Waals surface area (Å²) in [7, 11) is 0. The van der Waals surface area contributed by atoms with Crippen molar-refractivity contribution in [2.45, 2.75) is 40.7 Å². The summed E-state index contributed by atoms with van der Waals surface area (Å²) in [4.78, 5) is 11.2. The van der Waals surface area contributed by atoms with Crippen LogP contribution in [-0.4, -0.2) is 16.6 Å². The van der Waals surface area contributed by atoms with E-state index in [1.54, 1.807) is 6.33 Å². The Kier molecular flexibility index (Phi) is 4.60. The van der Waals surface area contributed by atoms with Gasteiger partial charge in [-0.05, 0) is 46.2 Å². The Morgan fingerprint density at radius 3 is 2.65 bits per heavy atom. The first-order valence-electron chi connectivity index (χ1n) is 6.80. The second kappa shape index (κ2) is 6.22. The molecule has 2 aromatic heterocycles. The average molecular weight is 291 g/mol. The number of anilines is 1. The molecule has 0 aliphatic rings. The van der Waals surface area contributed by atoms with E-state index >= 15 is 0 Å². The number of thiophene rings is 1. The second-order valence-corrected chi connectivity index (χ2v) is 6.28. The molecule has 0 bridgehead atoms. The fourth-order valence-corrected chi connectivity index (χ4v) is 3.25. The Hall–Kier alpha value is -1.62. The van der Waals surface area contributed by atoms with Gasteiger partial charge >= 0.3 is 0 Å². The van der Waals surface area contributed by atoms with Crippen molar-refractivity contribution >= 4 is 17.2 Å². The largest absolute Gasteiger partial charge is 0.478 e. The lowest BCUT2D eigenvalue weighted by atomic mass is 10.1. The molecule has 0 aromatic carbocycles. The summed E-state index contributed by atoms with van der Waals surface area (Å²) in [6.45, 7) is 11.0. The molecule has 2 aromatic rings. The van der Waals surface area contributed by atoms with Crippen LogP contribution in [0.2, 0.25) is 0 Å². The number of aryl methyl sites for hydroxylation is 2. The zero-order valence-corrected chi connectivity index (χ0v) is 13.5. The number of hydrogen-bond acceptors (Lipinski definition) is 5. The van der Waals surface area contributed by atoms with Gasteiger partial charge in [0, 0.05) is 9.75 Å². The van der Waals surface area contributed by atoms with Gasteiger partial charge in [0.05, 0.1) is 18.2 Å². The summed E-state index contributed by atoms with van der Waals surface area (Å²) in [5.74, 6) is 1.48. The molecule has 0 aliphatic carbocycles. The van der Waals surface area contributed by atoms with Gasteiger partial charge in [-0.3, -0.25) is 0 Å². The Labute approximate surface area is 124 Å². The maximum absolute atomic E-state index is 5.50. The first-order valence-corrected chi connectivity index (χ1v) is 7.62. The maximum Gasteiger partial charge on any atom is 0.221 e. The van der Waals surface area contributed by atoms with Crippen LogP contribution in [-0.2, 0) is 0 Å². The molecule has 0 saturated carbocycles. The molecule has 1 N–H and O–H groups in total. The lowest BCUT2D eigenvalue weighted by Gasteiger charge is -2.17. The van der Waals surface area contributed by atoms with Crippen molar-refractivity contribution in [1.29, 1.82) is 0 Å². The normalized spacial score (nSPS) is 12.2. The summed E-state index contributed by atoms with van der Waals surface area (Å²) in [5, 5.41) is 3.45. The van der Waals surface area contributed by atoms with Gasteiger partial charge in [-0.1, -0.05) is 0 Å². The minimum atomic E-state index is 0.211. The summed E-state index contributed by atoms with van der Waals surface area (Å²) in [5.41, 5.74) is 2.27. The van der Waals surface area contributed by atoms with Crippen LogP contribution in [0.1, 0.15) is 40.8 Å². The molecule has 1 atom stereocenters. The summed E-state index contributed by atoms with van der Waals surface area (Å²) in [6.07, 6.45) is 1.54. The lowest BCUT2D eigenvalue weighted by molar-refractivity contribution is 0.324. The van der Waals surface area contributed by atoms with Gasteiger partial charge in [0.2, 0.25) is 5.88 Å². The first kappa shape index (κ1) is 14.8. The van der Waals surface area contributed by atoms with E-state index in [0.717, 1.165) is 11.4 Å². The van der Waals surface area contributed by atoms with Gasteiger partial charge < -0.3 is 10.1 Å². The van der Waals surface area contributed by atoms with Gasteiger partial charge in [0.1, 0.15) is 12.1 Å². The molecule has 0 aliphatic heterocycles. The van der Waals surface area contributed by atoms with Crippen LogP contribution in [0.25, 0.3) is 0 Å². The number of ether oxygens (including phenoxy) is 1. The van der Waals surface area contributed by atoms with Crippen molar-refractivity contribution in [2.75, 3.05) is 11.9 Å². The molecular formula is C15H21N3OS. The summed E-state index contributed by atoms with van der Waals surface area (Å²) >= 11 is 1.83. The first-order chi connectivity index (χ1) is 9.52. The van der Waals surface area contributed by atoms with Crippen LogP contribution >= 0.6 is 11.3 Å². The maximum atomic E-state index is 5.50. The molecule has 2 heterocycles. The molecule has 5 heteroatoms. The van der Waals surface area contributed by atoms with E-state index in [1.165, 1.54) is 15.3 Å². The van der Waals surface area contributed by atoms with Crippen molar-refractivity contribution in [3.05, 3.63) is 33.3 Å². The zero-order valence-electron chi connectivity index (χ0n) is 12.7. The smallest absolute Gasteiger partial charge is 0.221 e. The van der Waals surface area contributed by atoms with Crippen LogP contribution in [0.3, 0.4) is 0 Å². The molecular weight excluding hydrogens is 270 g/mol. The molecule has 2 rings (SSSR count). The third-order valence-corrected chi connectivity index (χ3v) is 4.20. The number of rotatable bonds is 5. The van der Waals surface area contributed by atoms with Crippen molar-refractivity contribution < 1.29 is 4.74 Å². The van der Waals surface area contributed by atoms with E-state index in [0.29, 0.717) is 12.5 Å². The van der Waals surface area contributed by atoms with Gasteiger partial charge in [0.25, 0.3) is 0 Å². The summed E-state index contributed by atoms with van der Waals surface area (Å²) in [6, 6.07) is 2.44. The summed E-state index contributed by atoms with van der Waals surface area (Å²) < 4.78 is 5.50. The molecule has 1 unspecified atom stereocenters. The van der Waals surface area contributed by atoms with E-state index in [-0.39, 0.29) is 6.04 Å². The highest BCUT2D eigenvalue weighted by atomic mass is 32.1. The molecule has 0 saturated heterocycles. The number of hydrogen-bond donors (Lipinski definition) is 1. The molecule has 20 heavy (non-hydrogen) atoms. The van der Waals surface area contributed by atoms with E-state index in [9.17, 15) is 0 Å². The highest BCUT2D eigenvalue weighted by Gasteiger charge is 2.14. The Morgan fingerprint density at radius 2 is 2.05 bits per heavy atom. The molecule has 0 amide bonds. The van der Waals surface area contributed by atoms with Gasteiger partial charge in [0.15, 0.2) is 0 Å². The Morgan fingerprint density at radius 1 is 1.30 bits per heavy atom. The zero-order chi connectivity index (χ0) is 14.7. The highest BCUT2D eigenvalue weighted by molar-refractivity contribution is 7.12. The van der Waals surface area contributed by atoms with Crippen molar-refractivity contribution in [3.8, 4) is 5.88 Å². The van der Waals surface area contributed by atoms with Crippen LogP contribution in [0, 0.1) is 20.8 Å². The average Bonchev–Trinajstić information content (AvgIpc) is 2.73. The van der Waals surface area contributed by atoms with Crippen LogP contribution < -0.4 is 10.1 Å². The fourth-order valence-electron chi connectivity index (χ4n) is 2.22. The third-order valence-electron chi connectivity index (χ3n) is 3.22. The highest BCUT2D eigenvalue weighted by Crippen LogP contribution is 2.30. The quantitative estimate of drug-likeness (QED) is 0.903. The van der Waals surface area contributed by atoms with Gasteiger partial charge in [-0.15, -0.1) is 11.3 Å². The Balaban J connectivity index is 2.21. The molecule has 0 spiro atoms. The molecule has 108 valence electrons. The Bertz CT molecular complexity index is 595. The van der Waals surface area contributed by atoms with Gasteiger partial charge in [-0.25, -0.2) is 9.97 Å². The van der Waals surface area contributed by atoms with Crippen molar-refractivity contribution in [2.24, 2.45) is 0 Å². The van der Waals surface area contributed by atoms with Crippen LogP contribution in [0.4, 0.5) is 5.82 Å². The number of aromatic nitrogens is 2. The van der Waals surface area contributed by atoms with Crippen molar-refractivity contribution in [1.82, 2.24) is 9.97 Å². The monoisotopic (exact) mass is 291 g/mol. The standard InChI is InChI=1S/C15H21N3OS/c1-6-19-15-10(3)14(16-8-17-15)18-11(4)13-7-9(2)20-12(13)5/h7-8,11H,6H2,1-5H3,(H,16,17,18). The molecule has 4 nitrogen and oxygen atoms in total. The minimum absolute atomic E-state index is 0.211. The lowest BCUT2D eigenvalue weighted by Crippen LogP contribution is -2.10. The van der Waals surface area contributed by atoms with Crippen LogP contribution in [0.15, 0.2) is 12.4 Å². The van der Waals surface area contributed by atoms with E-state index in [1.807, 2.05) is 25.2 Å². The van der Waals surface area contributed by atoms with Crippen molar-refractivity contribution in [3.63, 3.8) is 0 Å². The molecule has 0 fully saturated rings. The predicted octanol–water partition coefficient (Wildman–Crippen LogP) is 4.04. The number of nitrogens with one attached hydrogen (secondary N) is 1. The van der Waals surface area contributed by atoms with E-state index < -0.39 is 0 Å². The topological polar surface area (TPSA) is 47.0 Å². The van der Waals surface area contributed by atoms with E-state index in [4.69, 9.17) is 4.74 Å². The predicted molar refractivity (Wildman–Crippen MR) is 83.8 cm³/mol. The van der Waals surface area contributed by atoms with Crippen LogP contribution in [0.5, 0.6) is 5.88 Å². The van der Waals surface area contributed by atoms with E-state index in [2.05, 4.69) is 42.1 Å². The fraction of sp³-hybridized carbons (Fsp3) is 0.467. The van der Waals surface area contributed by atoms with Gasteiger partial charge in [-0.2, -0.15) is 0 Å². The minimum Gasteiger partial charge on any atom is -0.478 e. The molecule has 0 radical (unpaired) electrons. The third kappa shape index (κ3) is 3.10.